The SMILES string of the molecule is C=NC(O)C1=NC(C2C=CC(OC)=CC2)C2=C1CCN(c1ccc(N3CCCCC3=O)cc1)C2=O. The van der Waals surface area contributed by atoms with Crippen LogP contribution < -0.4 is 9.80 Å². The van der Waals surface area contributed by atoms with Crippen molar-refractivity contribution in [2.24, 2.45) is 15.9 Å². The number of anilines is 2. The van der Waals surface area contributed by atoms with Crippen molar-refractivity contribution in [3.05, 3.63) is 59.4 Å². The standard InChI is InChI=1S/C27H30N4O4/c1-28-26(33)25-21-14-16-31(19-10-8-18(9-11-19)30-15-4-3-5-22(30)32)27(34)23(21)24(29-25)17-6-12-20(35-2)13-7-17/h6,8-13,17,24,26,33H,1,3-5,7,14-16H2,2H3. The van der Waals surface area contributed by atoms with E-state index in [1.165, 1.54) is 0 Å². The summed E-state index contributed by atoms with van der Waals surface area (Å²) in [4.78, 5) is 38.2. The first-order chi connectivity index (χ1) is 17.0. The lowest BCUT2D eigenvalue weighted by Crippen LogP contribution is -2.41. The zero-order chi connectivity index (χ0) is 24.5. The van der Waals surface area contributed by atoms with Crippen molar-refractivity contribution in [2.45, 2.75) is 44.4 Å². The van der Waals surface area contributed by atoms with Crippen LogP contribution in [0.5, 0.6) is 0 Å². The number of carbonyl (C=O) groups excluding carboxylic acids is 2. The number of carbonyl (C=O) groups is 2. The van der Waals surface area contributed by atoms with Crippen LogP contribution in [0.2, 0.25) is 0 Å². The number of rotatable bonds is 6. The third-order valence-electron chi connectivity index (χ3n) is 7.22. The molecule has 35 heavy (non-hydrogen) atoms. The second-order valence-corrected chi connectivity index (χ2v) is 9.20. The van der Waals surface area contributed by atoms with Gasteiger partial charge in [-0.05, 0) is 74.4 Å². The van der Waals surface area contributed by atoms with Crippen LogP contribution in [0.3, 0.4) is 0 Å². The maximum absolute atomic E-state index is 13.8. The third kappa shape index (κ3) is 4.23. The van der Waals surface area contributed by atoms with Gasteiger partial charge in [-0.25, -0.2) is 0 Å². The van der Waals surface area contributed by atoms with Gasteiger partial charge in [0.05, 0.1) is 18.9 Å². The Balaban J connectivity index is 1.42. The van der Waals surface area contributed by atoms with Gasteiger partial charge in [0.1, 0.15) is 5.76 Å². The molecular formula is C27H30N4O4. The average molecular weight is 475 g/mol. The van der Waals surface area contributed by atoms with Crippen LogP contribution >= 0.6 is 0 Å². The Morgan fingerprint density at radius 2 is 1.86 bits per heavy atom. The predicted molar refractivity (Wildman–Crippen MR) is 136 cm³/mol. The number of methoxy groups -OCH3 is 1. The van der Waals surface area contributed by atoms with E-state index in [9.17, 15) is 14.7 Å². The van der Waals surface area contributed by atoms with E-state index in [4.69, 9.17) is 9.73 Å². The van der Waals surface area contributed by atoms with Gasteiger partial charge in [0.25, 0.3) is 5.91 Å². The van der Waals surface area contributed by atoms with E-state index in [2.05, 4.69) is 11.7 Å². The Bertz CT molecular complexity index is 1160. The summed E-state index contributed by atoms with van der Waals surface area (Å²) in [6.07, 6.45) is 8.53. The summed E-state index contributed by atoms with van der Waals surface area (Å²) in [5, 5.41) is 10.4. The predicted octanol–water partition coefficient (Wildman–Crippen LogP) is 3.19. The van der Waals surface area contributed by atoms with E-state index in [0.717, 1.165) is 42.1 Å². The van der Waals surface area contributed by atoms with Crippen molar-refractivity contribution in [3.63, 3.8) is 0 Å². The Hall–Kier alpha value is -3.52. The number of aliphatic hydroxyl groups excluding tert-OH is 1. The van der Waals surface area contributed by atoms with Crippen LogP contribution in [-0.2, 0) is 14.3 Å². The number of allylic oxidation sites excluding steroid dienone is 2. The molecule has 1 N–H and O–H groups in total. The van der Waals surface area contributed by atoms with Crippen LogP contribution in [0.25, 0.3) is 0 Å². The molecule has 3 atom stereocenters. The molecule has 1 saturated heterocycles. The number of aliphatic imine (C=N–C) groups is 2. The molecule has 0 radical (unpaired) electrons. The molecule has 0 saturated carbocycles. The average Bonchev–Trinajstić information content (AvgIpc) is 3.29. The van der Waals surface area contributed by atoms with E-state index < -0.39 is 12.3 Å². The molecule has 1 aliphatic carbocycles. The minimum Gasteiger partial charge on any atom is -0.497 e. The van der Waals surface area contributed by atoms with E-state index in [1.54, 1.807) is 12.0 Å². The molecule has 0 aromatic heterocycles. The molecule has 0 spiro atoms. The second kappa shape index (κ2) is 9.62. The van der Waals surface area contributed by atoms with Crippen molar-refractivity contribution in [1.82, 2.24) is 0 Å². The maximum atomic E-state index is 13.8. The molecule has 8 heteroatoms. The van der Waals surface area contributed by atoms with Gasteiger partial charge in [-0.15, -0.1) is 0 Å². The number of hydrogen-bond donors (Lipinski definition) is 1. The van der Waals surface area contributed by atoms with E-state index in [-0.39, 0.29) is 17.7 Å². The zero-order valence-electron chi connectivity index (χ0n) is 19.9. The highest BCUT2D eigenvalue weighted by atomic mass is 16.5. The van der Waals surface area contributed by atoms with Crippen LogP contribution in [0.4, 0.5) is 11.4 Å². The molecular weight excluding hydrogens is 444 g/mol. The lowest BCUT2D eigenvalue weighted by molar-refractivity contribution is -0.119. The lowest BCUT2D eigenvalue weighted by atomic mass is 9.84. The Morgan fingerprint density at radius 1 is 1.11 bits per heavy atom. The minimum atomic E-state index is -1.15. The number of aliphatic hydroxyl groups is 1. The molecule has 3 unspecified atom stereocenters. The highest BCUT2D eigenvalue weighted by Gasteiger charge is 2.43. The van der Waals surface area contributed by atoms with Gasteiger partial charge < -0.3 is 19.6 Å². The van der Waals surface area contributed by atoms with Crippen molar-refractivity contribution < 1.29 is 19.4 Å². The van der Waals surface area contributed by atoms with Crippen molar-refractivity contribution >= 4 is 35.6 Å². The zero-order valence-corrected chi connectivity index (χ0v) is 19.9. The normalized spacial score (nSPS) is 25.3. The fourth-order valence-corrected chi connectivity index (χ4v) is 5.36. The summed E-state index contributed by atoms with van der Waals surface area (Å²) < 4.78 is 5.31. The number of ether oxygens (including phenoxy) is 1. The molecule has 3 aliphatic heterocycles. The molecule has 1 aromatic rings. The molecule has 1 aromatic carbocycles. The first-order valence-electron chi connectivity index (χ1n) is 12.1. The summed E-state index contributed by atoms with van der Waals surface area (Å²) in [7, 11) is 1.63. The molecule has 2 amide bonds. The number of hydrogen-bond acceptors (Lipinski definition) is 6. The summed E-state index contributed by atoms with van der Waals surface area (Å²) in [5.74, 6) is 0.800. The summed E-state index contributed by atoms with van der Waals surface area (Å²) in [6.45, 7) is 4.67. The maximum Gasteiger partial charge on any atom is 0.256 e. The van der Waals surface area contributed by atoms with Gasteiger partial charge in [-0.2, -0.15) is 0 Å². The van der Waals surface area contributed by atoms with E-state index in [0.29, 0.717) is 37.1 Å². The number of amides is 2. The van der Waals surface area contributed by atoms with Gasteiger partial charge in [-0.3, -0.25) is 19.6 Å². The third-order valence-corrected chi connectivity index (χ3v) is 7.22. The van der Waals surface area contributed by atoms with Crippen molar-refractivity contribution in [2.75, 3.05) is 30.0 Å². The Kier molecular flexibility index (Phi) is 6.38. The van der Waals surface area contributed by atoms with Gasteiger partial charge in [0, 0.05) is 42.4 Å². The van der Waals surface area contributed by atoms with E-state index >= 15 is 0 Å². The fraction of sp³-hybridized carbons (Fsp3) is 0.407. The van der Waals surface area contributed by atoms with Crippen molar-refractivity contribution in [3.8, 4) is 0 Å². The monoisotopic (exact) mass is 474 g/mol. The van der Waals surface area contributed by atoms with Crippen molar-refractivity contribution in [1.29, 1.82) is 0 Å². The van der Waals surface area contributed by atoms with Gasteiger partial charge in [-0.1, -0.05) is 6.08 Å². The number of benzene rings is 1. The summed E-state index contributed by atoms with van der Waals surface area (Å²) >= 11 is 0. The molecule has 3 heterocycles. The van der Waals surface area contributed by atoms with Crippen LogP contribution in [-0.4, -0.2) is 61.8 Å². The summed E-state index contributed by atoms with van der Waals surface area (Å²) in [5.41, 5.74) is 3.49. The fourth-order valence-electron chi connectivity index (χ4n) is 5.36. The molecule has 182 valence electrons. The second-order valence-electron chi connectivity index (χ2n) is 9.20. The molecule has 5 rings (SSSR count). The van der Waals surface area contributed by atoms with Gasteiger partial charge in [0.15, 0.2) is 6.23 Å². The molecule has 0 bridgehead atoms. The number of nitrogens with zero attached hydrogens (tertiary/aromatic N) is 4. The highest BCUT2D eigenvalue weighted by Crippen LogP contribution is 2.39. The topological polar surface area (TPSA) is 94.8 Å². The summed E-state index contributed by atoms with van der Waals surface area (Å²) in [6, 6.07) is 7.23. The van der Waals surface area contributed by atoms with Crippen LogP contribution in [0.15, 0.2) is 69.4 Å². The Labute approximate surface area is 205 Å². The van der Waals surface area contributed by atoms with E-state index in [1.807, 2.05) is 47.4 Å². The quantitative estimate of drug-likeness (QED) is 0.641. The lowest BCUT2D eigenvalue weighted by Gasteiger charge is -2.32. The number of piperidine rings is 1. The first kappa shape index (κ1) is 23.2. The molecule has 4 aliphatic rings. The largest absolute Gasteiger partial charge is 0.497 e. The van der Waals surface area contributed by atoms with Crippen LogP contribution in [0.1, 0.15) is 32.1 Å². The van der Waals surface area contributed by atoms with Gasteiger partial charge in [0.2, 0.25) is 5.91 Å². The van der Waals surface area contributed by atoms with Crippen LogP contribution in [0, 0.1) is 5.92 Å². The Morgan fingerprint density at radius 3 is 2.49 bits per heavy atom. The minimum absolute atomic E-state index is 0.0233. The molecule has 1 fully saturated rings. The first-order valence-corrected chi connectivity index (χ1v) is 12.1. The molecule has 8 nitrogen and oxygen atoms in total. The van der Waals surface area contributed by atoms with Gasteiger partial charge >= 0.3 is 0 Å². The highest BCUT2D eigenvalue weighted by molar-refractivity contribution is 6.18. The smallest absolute Gasteiger partial charge is 0.256 e.